The summed E-state index contributed by atoms with van der Waals surface area (Å²) in [6, 6.07) is 5.63. The van der Waals surface area contributed by atoms with Crippen molar-refractivity contribution < 1.29 is 9.53 Å². The van der Waals surface area contributed by atoms with Gasteiger partial charge in [0, 0.05) is 0 Å². The Hall–Kier alpha value is -1.31. The lowest BCUT2D eigenvalue weighted by molar-refractivity contribution is 0.0459. The van der Waals surface area contributed by atoms with Crippen LogP contribution in [0.5, 0.6) is 0 Å². The monoisotopic (exact) mass is 206 g/mol. The normalized spacial score (nSPS) is 10.5. The number of carbonyl (C=O) groups excluding carboxylic acids is 1. The van der Waals surface area contributed by atoms with Gasteiger partial charge in [0.1, 0.15) is 0 Å². The van der Waals surface area contributed by atoms with Crippen LogP contribution in [0.25, 0.3) is 0 Å². The van der Waals surface area contributed by atoms with Crippen molar-refractivity contribution in [2.75, 3.05) is 6.61 Å². The first kappa shape index (κ1) is 11.8. The van der Waals surface area contributed by atoms with Crippen molar-refractivity contribution in [2.45, 2.75) is 27.7 Å². The SMILES string of the molecule is Cc1ccc(C(=O)OCC(C)C)cc1C. The molecule has 1 aromatic rings. The average Bonchev–Trinajstić information content (AvgIpc) is 2.18. The second kappa shape index (κ2) is 4.96. The zero-order valence-electron chi connectivity index (χ0n) is 9.83. The number of aryl methyl sites for hydroxylation is 2. The third kappa shape index (κ3) is 3.39. The number of benzene rings is 1. The van der Waals surface area contributed by atoms with Gasteiger partial charge in [0.15, 0.2) is 0 Å². The number of rotatable bonds is 3. The molecule has 0 spiro atoms. The molecule has 0 aliphatic heterocycles. The van der Waals surface area contributed by atoms with Gasteiger partial charge in [-0.1, -0.05) is 19.9 Å². The molecular weight excluding hydrogens is 188 g/mol. The zero-order chi connectivity index (χ0) is 11.4. The Kier molecular flexibility index (Phi) is 3.89. The maximum atomic E-state index is 11.6. The molecule has 82 valence electrons. The van der Waals surface area contributed by atoms with E-state index in [0.29, 0.717) is 18.1 Å². The van der Waals surface area contributed by atoms with E-state index >= 15 is 0 Å². The smallest absolute Gasteiger partial charge is 0.338 e. The molecule has 1 aromatic carbocycles. The molecule has 0 amide bonds. The minimum Gasteiger partial charge on any atom is -0.462 e. The summed E-state index contributed by atoms with van der Waals surface area (Å²) in [5, 5.41) is 0. The lowest BCUT2D eigenvalue weighted by Gasteiger charge is -2.08. The fraction of sp³-hybridized carbons (Fsp3) is 0.462. The lowest BCUT2D eigenvalue weighted by Crippen LogP contribution is -2.10. The van der Waals surface area contributed by atoms with E-state index in [4.69, 9.17) is 4.74 Å². The predicted octanol–water partition coefficient (Wildman–Crippen LogP) is 3.12. The molecule has 0 saturated heterocycles. The van der Waals surface area contributed by atoms with Crippen LogP contribution < -0.4 is 0 Å². The number of esters is 1. The summed E-state index contributed by atoms with van der Waals surface area (Å²) in [6.07, 6.45) is 0. The molecule has 15 heavy (non-hydrogen) atoms. The van der Waals surface area contributed by atoms with Crippen molar-refractivity contribution >= 4 is 5.97 Å². The van der Waals surface area contributed by atoms with Gasteiger partial charge >= 0.3 is 5.97 Å². The summed E-state index contributed by atoms with van der Waals surface area (Å²) < 4.78 is 5.15. The second-order valence-electron chi connectivity index (χ2n) is 4.29. The van der Waals surface area contributed by atoms with Crippen LogP contribution in [0, 0.1) is 19.8 Å². The van der Waals surface area contributed by atoms with E-state index in [1.807, 2.05) is 45.9 Å². The highest BCUT2D eigenvalue weighted by Gasteiger charge is 2.08. The van der Waals surface area contributed by atoms with E-state index in [9.17, 15) is 4.79 Å². The van der Waals surface area contributed by atoms with E-state index in [1.54, 1.807) is 0 Å². The van der Waals surface area contributed by atoms with Crippen LogP contribution in [-0.2, 0) is 4.74 Å². The standard InChI is InChI=1S/C13H18O2/c1-9(2)8-15-13(14)12-6-5-10(3)11(4)7-12/h5-7,9H,8H2,1-4H3. The quantitative estimate of drug-likeness (QED) is 0.710. The summed E-state index contributed by atoms with van der Waals surface area (Å²) in [5.74, 6) is 0.146. The van der Waals surface area contributed by atoms with Gasteiger partial charge in [0.2, 0.25) is 0 Å². The third-order valence-electron chi connectivity index (χ3n) is 2.29. The molecule has 2 nitrogen and oxygen atoms in total. The molecule has 0 saturated carbocycles. The average molecular weight is 206 g/mol. The van der Waals surface area contributed by atoms with Gasteiger partial charge in [0.25, 0.3) is 0 Å². The van der Waals surface area contributed by atoms with Gasteiger partial charge in [-0.25, -0.2) is 4.79 Å². The van der Waals surface area contributed by atoms with Gasteiger partial charge in [-0.05, 0) is 43.0 Å². The molecule has 0 aromatic heterocycles. The van der Waals surface area contributed by atoms with Crippen LogP contribution in [0.15, 0.2) is 18.2 Å². The Bertz CT molecular complexity index is 354. The Morgan fingerprint density at radius 1 is 1.27 bits per heavy atom. The number of ether oxygens (including phenoxy) is 1. The molecule has 0 aliphatic carbocycles. The van der Waals surface area contributed by atoms with Crippen LogP contribution in [0.2, 0.25) is 0 Å². The van der Waals surface area contributed by atoms with Gasteiger partial charge in [-0.15, -0.1) is 0 Å². The van der Waals surface area contributed by atoms with Crippen molar-refractivity contribution in [1.29, 1.82) is 0 Å². The molecule has 0 heterocycles. The minimum absolute atomic E-state index is 0.230. The Morgan fingerprint density at radius 2 is 1.93 bits per heavy atom. The van der Waals surface area contributed by atoms with Gasteiger partial charge in [-0.2, -0.15) is 0 Å². The highest BCUT2D eigenvalue weighted by atomic mass is 16.5. The van der Waals surface area contributed by atoms with Crippen molar-refractivity contribution in [3.05, 3.63) is 34.9 Å². The Balaban J connectivity index is 2.70. The van der Waals surface area contributed by atoms with Crippen molar-refractivity contribution in [3.8, 4) is 0 Å². The number of hydrogen-bond donors (Lipinski definition) is 0. The molecule has 0 radical (unpaired) electrons. The van der Waals surface area contributed by atoms with Crippen molar-refractivity contribution in [2.24, 2.45) is 5.92 Å². The van der Waals surface area contributed by atoms with E-state index in [1.165, 1.54) is 5.56 Å². The van der Waals surface area contributed by atoms with E-state index in [0.717, 1.165) is 5.56 Å². The number of hydrogen-bond acceptors (Lipinski definition) is 2. The summed E-state index contributed by atoms with van der Waals surface area (Å²) in [5.41, 5.74) is 2.95. The molecule has 0 bridgehead atoms. The second-order valence-corrected chi connectivity index (χ2v) is 4.29. The molecule has 2 heteroatoms. The molecule has 0 atom stereocenters. The van der Waals surface area contributed by atoms with Gasteiger partial charge in [-0.3, -0.25) is 0 Å². The van der Waals surface area contributed by atoms with Crippen LogP contribution in [0.4, 0.5) is 0 Å². The maximum absolute atomic E-state index is 11.6. The van der Waals surface area contributed by atoms with E-state index in [-0.39, 0.29) is 5.97 Å². The molecule has 0 aliphatic rings. The Labute approximate surface area is 91.3 Å². The topological polar surface area (TPSA) is 26.3 Å². The van der Waals surface area contributed by atoms with Crippen molar-refractivity contribution in [3.63, 3.8) is 0 Å². The molecule has 0 N–H and O–H groups in total. The molecule has 1 rings (SSSR count). The third-order valence-corrected chi connectivity index (χ3v) is 2.29. The summed E-state index contributed by atoms with van der Waals surface area (Å²) in [4.78, 5) is 11.6. The lowest BCUT2D eigenvalue weighted by atomic mass is 10.1. The molecular formula is C13H18O2. The highest BCUT2D eigenvalue weighted by Crippen LogP contribution is 2.11. The van der Waals surface area contributed by atoms with Crippen LogP contribution in [0.1, 0.15) is 35.3 Å². The number of carbonyl (C=O) groups is 1. The predicted molar refractivity (Wildman–Crippen MR) is 61.0 cm³/mol. The van der Waals surface area contributed by atoms with E-state index < -0.39 is 0 Å². The summed E-state index contributed by atoms with van der Waals surface area (Å²) in [6.45, 7) is 8.54. The molecule has 0 fully saturated rings. The highest BCUT2D eigenvalue weighted by molar-refractivity contribution is 5.89. The minimum atomic E-state index is -0.230. The Morgan fingerprint density at radius 3 is 2.47 bits per heavy atom. The first-order valence-corrected chi connectivity index (χ1v) is 5.25. The fourth-order valence-corrected chi connectivity index (χ4v) is 1.19. The van der Waals surface area contributed by atoms with Crippen molar-refractivity contribution in [1.82, 2.24) is 0 Å². The molecule has 0 unspecified atom stereocenters. The first-order chi connectivity index (χ1) is 7.00. The van der Waals surface area contributed by atoms with Gasteiger partial charge in [0.05, 0.1) is 12.2 Å². The summed E-state index contributed by atoms with van der Waals surface area (Å²) >= 11 is 0. The summed E-state index contributed by atoms with van der Waals surface area (Å²) in [7, 11) is 0. The largest absolute Gasteiger partial charge is 0.462 e. The van der Waals surface area contributed by atoms with Gasteiger partial charge < -0.3 is 4.74 Å². The fourth-order valence-electron chi connectivity index (χ4n) is 1.19. The maximum Gasteiger partial charge on any atom is 0.338 e. The zero-order valence-corrected chi connectivity index (χ0v) is 9.83. The first-order valence-electron chi connectivity index (χ1n) is 5.25. The van der Waals surface area contributed by atoms with E-state index in [2.05, 4.69) is 0 Å². The van der Waals surface area contributed by atoms with Crippen LogP contribution in [-0.4, -0.2) is 12.6 Å². The van der Waals surface area contributed by atoms with Crippen LogP contribution >= 0.6 is 0 Å². The van der Waals surface area contributed by atoms with Crippen LogP contribution in [0.3, 0.4) is 0 Å².